The highest BCUT2D eigenvalue weighted by Gasteiger charge is 2.07. The van der Waals surface area contributed by atoms with E-state index in [1.807, 2.05) is 13.0 Å². The highest BCUT2D eigenvalue weighted by molar-refractivity contribution is 7.51. The minimum absolute atomic E-state index is 0.195. The molecule has 0 aromatic rings. The molecule has 0 bridgehead atoms. The normalized spacial score (nSPS) is 15.8. The first-order valence-electron chi connectivity index (χ1n) is 25.6. The molecule has 3 nitrogen and oxygen atoms in total. The largest absolute Gasteiger partial charge is 0.325 e. The molecule has 368 valence electrons. The smallest absolute Gasteiger partial charge is 0.324 e. The van der Waals surface area contributed by atoms with Crippen LogP contribution in [0.5, 0.6) is 0 Å². The molecule has 0 aliphatic rings. The van der Waals surface area contributed by atoms with Crippen molar-refractivity contribution in [3.8, 4) is 0 Å². The second-order valence-electron chi connectivity index (χ2n) is 19.9. The molecular weight excluding hydrogens is 812 g/mol. The van der Waals surface area contributed by atoms with Crippen LogP contribution in [0.1, 0.15) is 231 Å². The summed E-state index contributed by atoms with van der Waals surface area (Å²) < 4.78 is 16.2. The lowest BCUT2D eigenvalue weighted by Crippen LogP contribution is -1.89. The molecule has 65 heavy (non-hydrogen) atoms. The van der Waals surface area contributed by atoms with Crippen molar-refractivity contribution in [1.29, 1.82) is 0 Å². The number of allylic oxidation sites excluding steroid dienone is 23. The highest BCUT2D eigenvalue weighted by atomic mass is 31.2. The summed E-state index contributed by atoms with van der Waals surface area (Å²) >= 11 is 0. The van der Waals surface area contributed by atoms with Gasteiger partial charge in [0.05, 0.1) is 6.61 Å². The van der Waals surface area contributed by atoms with Crippen molar-refractivity contribution in [1.82, 2.24) is 0 Å². The van der Waals surface area contributed by atoms with E-state index < -0.39 is 7.60 Å². The molecule has 0 aliphatic carbocycles. The monoisotopic (exact) mass is 913 g/mol. The molecule has 0 aromatic heterocycles. The van der Waals surface area contributed by atoms with E-state index >= 15 is 0 Å². The molecule has 0 aliphatic heterocycles. The lowest BCUT2D eigenvalue weighted by atomic mass is 10.0. The van der Waals surface area contributed by atoms with Gasteiger partial charge in [0.2, 0.25) is 0 Å². The Hall–Kier alpha value is -2.97. The van der Waals surface area contributed by atoms with Crippen LogP contribution in [0, 0.1) is 0 Å². The maximum atomic E-state index is 11.2. The Bertz CT molecular complexity index is 1760. The molecule has 0 heterocycles. The van der Waals surface area contributed by atoms with Gasteiger partial charge in [-0.3, -0.25) is 4.57 Å². The maximum absolute atomic E-state index is 11.2. The first kappa shape index (κ1) is 62.0. The van der Waals surface area contributed by atoms with E-state index in [4.69, 9.17) is 4.52 Å². The van der Waals surface area contributed by atoms with Crippen LogP contribution in [0.3, 0.4) is 0 Å². The van der Waals surface area contributed by atoms with Crippen LogP contribution in [0.4, 0.5) is 0 Å². The summed E-state index contributed by atoms with van der Waals surface area (Å²) in [7, 11) is -3.40. The van der Waals surface area contributed by atoms with Crippen molar-refractivity contribution < 1.29 is 14.0 Å². The van der Waals surface area contributed by atoms with Gasteiger partial charge in [0.1, 0.15) is 0 Å². The Balaban J connectivity index is 4.29. The van der Waals surface area contributed by atoms with E-state index in [0.717, 1.165) is 103 Å². The van der Waals surface area contributed by atoms with Crippen LogP contribution in [0.2, 0.25) is 0 Å². The molecule has 0 spiro atoms. The Morgan fingerprint density at radius 1 is 0.308 bits per heavy atom. The third kappa shape index (κ3) is 43.4. The fourth-order valence-electron chi connectivity index (χ4n) is 7.49. The molecule has 1 atom stereocenters. The summed E-state index contributed by atoms with van der Waals surface area (Å²) in [6, 6.07) is 0. The van der Waals surface area contributed by atoms with Crippen LogP contribution >= 0.6 is 7.60 Å². The molecule has 0 saturated carbocycles. The average molecular weight is 913 g/mol. The Kier molecular flexibility index (Phi) is 37.3. The van der Waals surface area contributed by atoms with Crippen LogP contribution < -0.4 is 0 Å². The van der Waals surface area contributed by atoms with E-state index in [0.29, 0.717) is 0 Å². The molecule has 1 unspecified atom stereocenters. The van der Waals surface area contributed by atoms with Gasteiger partial charge in [-0.1, -0.05) is 140 Å². The predicted molar refractivity (Wildman–Crippen MR) is 294 cm³/mol. The van der Waals surface area contributed by atoms with Gasteiger partial charge >= 0.3 is 7.60 Å². The fraction of sp³-hybridized carbons (Fsp3) is 0.607. The lowest BCUT2D eigenvalue weighted by Gasteiger charge is -2.05. The molecule has 1 N–H and O–H groups in total. The third-order valence-electron chi connectivity index (χ3n) is 12.2. The molecule has 0 aromatic carbocycles. The van der Waals surface area contributed by atoms with Gasteiger partial charge < -0.3 is 9.42 Å². The minimum atomic E-state index is -3.40. The molecule has 0 radical (unpaired) electrons. The highest BCUT2D eigenvalue weighted by Crippen LogP contribution is 2.36. The van der Waals surface area contributed by atoms with Gasteiger partial charge in [0.25, 0.3) is 0 Å². The summed E-state index contributed by atoms with van der Waals surface area (Å²) in [4.78, 5) is 9.23. The van der Waals surface area contributed by atoms with E-state index in [1.54, 1.807) is 0 Å². The van der Waals surface area contributed by atoms with E-state index in [2.05, 4.69) is 150 Å². The van der Waals surface area contributed by atoms with Crippen LogP contribution in [-0.4, -0.2) is 18.2 Å². The number of rotatable bonds is 36. The molecule has 0 rings (SSSR count). The molecule has 4 heteroatoms. The molecule has 0 fully saturated rings. The first-order chi connectivity index (χ1) is 30.7. The standard InChI is InChI=1S/C61H101O3P/c1-50(2)26-15-27-51(3)28-16-29-52(4)30-17-31-53(5)32-18-33-54(6)34-19-35-55(7)36-20-37-56(8)38-21-39-57(9)40-22-41-58(10)42-23-43-59(11)44-24-45-60(12)46-25-47-61(13)48-49-64-65(14,62)63/h26,28,30,32,34,36,38,40,42,44,46,48H,15-25,27,29,31,33,35,37,39,41,43,45,47,49H2,1-14H3,(H,62,63)/b51-28+,52-30+,53-32+,54-34+,55-36+,56-38+,57-40+,58-42+,59-44+,60-46+,61-48+. The summed E-state index contributed by atoms with van der Waals surface area (Å²) in [6.07, 6.45) is 53.5. The second-order valence-corrected chi connectivity index (χ2v) is 21.7. The van der Waals surface area contributed by atoms with Gasteiger partial charge in [-0.05, 0) is 231 Å². The van der Waals surface area contributed by atoms with Crippen molar-refractivity contribution in [3.05, 3.63) is 140 Å². The first-order valence-corrected chi connectivity index (χ1v) is 27.6. The van der Waals surface area contributed by atoms with E-state index in [1.165, 1.54) is 112 Å². The van der Waals surface area contributed by atoms with Crippen LogP contribution in [0.15, 0.2) is 140 Å². The summed E-state index contributed by atoms with van der Waals surface area (Å²) in [6.45, 7) is 30.7. The van der Waals surface area contributed by atoms with Crippen molar-refractivity contribution in [3.63, 3.8) is 0 Å². The summed E-state index contributed by atoms with van der Waals surface area (Å²) in [5.41, 5.74) is 17.7. The van der Waals surface area contributed by atoms with Crippen molar-refractivity contribution in [2.24, 2.45) is 0 Å². The maximum Gasteiger partial charge on any atom is 0.325 e. The summed E-state index contributed by atoms with van der Waals surface area (Å²) in [5, 5.41) is 0. The zero-order chi connectivity index (χ0) is 48.9. The third-order valence-corrected chi connectivity index (χ3v) is 12.8. The van der Waals surface area contributed by atoms with Crippen LogP contribution in [-0.2, 0) is 9.09 Å². The Morgan fingerprint density at radius 2 is 0.462 bits per heavy atom. The fourth-order valence-corrected chi connectivity index (χ4v) is 7.84. The summed E-state index contributed by atoms with van der Waals surface area (Å²) in [5.74, 6) is 0. The molecule has 0 saturated heterocycles. The lowest BCUT2D eigenvalue weighted by molar-refractivity contribution is 0.292. The van der Waals surface area contributed by atoms with Gasteiger partial charge in [0, 0.05) is 6.66 Å². The minimum Gasteiger partial charge on any atom is -0.324 e. The van der Waals surface area contributed by atoms with E-state index in [9.17, 15) is 9.46 Å². The number of hydrogen-bond donors (Lipinski definition) is 1. The SMILES string of the molecule is CC(C)=CCC/C(C)=C/CC/C(C)=C/CC/C(C)=C/CC/C(C)=C/CC/C(C)=C/CC/C(C)=C/CC/C(C)=C/CC/C(C)=C/CC/C(C)=C/CC/C(C)=C/CC/C(C)=C/COP(C)(=O)O. The van der Waals surface area contributed by atoms with Crippen molar-refractivity contribution >= 4 is 7.60 Å². The second kappa shape index (κ2) is 39.1. The van der Waals surface area contributed by atoms with Crippen molar-refractivity contribution in [2.45, 2.75) is 231 Å². The molecular formula is C61H101O3P. The van der Waals surface area contributed by atoms with E-state index in [-0.39, 0.29) is 6.61 Å². The Labute approximate surface area is 404 Å². The van der Waals surface area contributed by atoms with Crippen LogP contribution in [0.25, 0.3) is 0 Å². The van der Waals surface area contributed by atoms with Gasteiger partial charge in [-0.15, -0.1) is 0 Å². The Morgan fingerprint density at radius 3 is 0.615 bits per heavy atom. The number of hydrogen-bond acceptors (Lipinski definition) is 2. The predicted octanol–water partition coefficient (Wildman–Crippen LogP) is 20.8. The van der Waals surface area contributed by atoms with Gasteiger partial charge in [-0.25, -0.2) is 0 Å². The quantitative estimate of drug-likeness (QED) is 0.0503. The zero-order valence-electron chi connectivity index (χ0n) is 44.9. The van der Waals surface area contributed by atoms with Crippen molar-refractivity contribution in [2.75, 3.05) is 13.3 Å². The van der Waals surface area contributed by atoms with Gasteiger partial charge in [0.15, 0.2) is 0 Å². The van der Waals surface area contributed by atoms with Gasteiger partial charge in [-0.2, -0.15) is 0 Å². The average Bonchev–Trinajstić information content (AvgIpc) is 3.20. The molecule has 0 amide bonds. The zero-order valence-corrected chi connectivity index (χ0v) is 45.8. The topological polar surface area (TPSA) is 46.5 Å².